The van der Waals surface area contributed by atoms with Gasteiger partial charge in [-0.3, -0.25) is 9.89 Å². The summed E-state index contributed by atoms with van der Waals surface area (Å²) in [4.78, 5) is 16.1. The Balaban J connectivity index is 1.86. The Hall–Kier alpha value is -3.32. The summed E-state index contributed by atoms with van der Waals surface area (Å²) in [7, 11) is 1.60. The van der Waals surface area contributed by atoms with Gasteiger partial charge in [0.25, 0.3) is 5.91 Å². The lowest BCUT2D eigenvalue weighted by atomic mass is 10.2. The number of aliphatic imine (C=N–C) groups is 1. The third-order valence-electron chi connectivity index (χ3n) is 3.54. The van der Waals surface area contributed by atoms with E-state index in [9.17, 15) is 4.79 Å². The van der Waals surface area contributed by atoms with E-state index < -0.39 is 5.91 Å². The first-order valence-corrected chi connectivity index (χ1v) is 8.03. The fourth-order valence-electron chi connectivity index (χ4n) is 2.28. The number of halogens is 1. The van der Waals surface area contributed by atoms with Gasteiger partial charge in [0.15, 0.2) is 11.6 Å². The number of nitrogens with two attached hydrogens (primary N) is 1. The summed E-state index contributed by atoms with van der Waals surface area (Å²) < 4.78 is 5.11. The van der Waals surface area contributed by atoms with Gasteiger partial charge in [0.1, 0.15) is 11.3 Å². The fourth-order valence-corrected chi connectivity index (χ4v) is 2.47. The first kappa shape index (κ1) is 17.5. The van der Waals surface area contributed by atoms with Gasteiger partial charge in [0, 0.05) is 16.9 Å². The molecule has 1 amide bonds. The van der Waals surface area contributed by atoms with Crippen molar-refractivity contribution in [2.45, 2.75) is 0 Å². The Kier molecular flexibility index (Phi) is 5.19. The minimum absolute atomic E-state index is 0.162. The van der Waals surface area contributed by atoms with Crippen molar-refractivity contribution in [1.82, 2.24) is 10.2 Å². The van der Waals surface area contributed by atoms with Gasteiger partial charge in [-0.05, 0) is 48.0 Å². The van der Waals surface area contributed by atoms with Gasteiger partial charge in [-0.2, -0.15) is 5.10 Å². The van der Waals surface area contributed by atoms with Crippen LogP contribution in [0.4, 0.5) is 17.3 Å². The van der Waals surface area contributed by atoms with Gasteiger partial charge >= 0.3 is 0 Å². The van der Waals surface area contributed by atoms with E-state index in [1.807, 2.05) is 24.3 Å². The molecule has 0 bridgehead atoms. The van der Waals surface area contributed by atoms with Crippen LogP contribution >= 0.6 is 11.6 Å². The van der Waals surface area contributed by atoms with E-state index in [1.165, 1.54) is 0 Å². The molecule has 0 fully saturated rings. The number of methoxy groups -OCH3 is 1. The third-order valence-corrected chi connectivity index (χ3v) is 3.77. The van der Waals surface area contributed by atoms with Gasteiger partial charge in [-0.25, -0.2) is 4.99 Å². The number of nitrogens with zero attached hydrogens (tertiary/aromatic N) is 2. The van der Waals surface area contributed by atoms with Gasteiger partial charge < -0.3 is 15.8 Å². The van der Waals surface area contributed by atoms with Gasteiger partial charge in [0.2, 0.25) is 0 Å². The van der Waals surface area contributed by atoms with Crippen molar-refractivity contribution in [2.75, 3.05) is 12.4 Å². The average molecular weight is 370 g/mol. The molecule has 0 unspecified atom stereocenters. The van der Waals surface area contributed by atoms with Crippen molar-refractivity contribution in [3.8, 4) is 5.75 Å². The Labute approximate surface area is 154 Å². The molecule has 3 aromatic rings. The second-order valence-electron chi connectivity index (χ2n) is 5.33. The van der Waals surface area contributed by atoms with Crippen LogP contribution in [0.3, 0.4) is 0 Å². The van der Waals surface area contributed by atoms with Gasteiger partial charge in [-0.1, -0.05) is 17.7 Å². The van der Waals surface area contributed by atoms with Crippen molar-refractivity contribution < 1.29 is 9.53 Å². The molecule has 0 saturated carbocycles. The summed E-state index contributed by atoms with van der Waals surface area (Å²) in [5, 5.41) is 10.4. The number of anilines is 2. The van der Waals surface area contributed by atoms with Crippen LogP contribution in [0.15, 0.2) is 53.5 Å². The molecule has 1 heterocycles. The molecule has 7 nitrogen and oxygen atoms in total. The molecule has 26 heavy (non-hydrogen) atoms. The Morgan fingerprint density at radius 2 is 2.08 bits per heavy atom. The molecule has 0 atom stereocenters. The lowest BCUT2D eigenvalue weighted by Crippen LogP contribution is -2.12. The SMILES string of the molecule is COc1ccc(C=Nc2[nH]nc(Nc3cccc(Cl)c3)c2C(N)=O)cc1. The minimum atomic E-state index is -0.648. The normalized spacial score (nSPS) is 10.8. The van der Waals surface area contributed by atoms with E-state index in [-0.39, 0.29) is 17.2 Å². The summed E-state index contributed by atoms with van der Waals surface area (Å²) in [6, 6.07) is 14.3. The van der Waals surface area contributed by atoms with Gasteiger partial charge in [0.05, 0.1) is 7.11 Å². The van der Waals surface area contributed by atoms with Crippen LogP contribution in [0.5, 0.6) is 5.75 Å². The number of rotatable bonds is 6. The highest BCUT2D eigenvalue weighted by atomic mass is 35.5. The van der Waals surface area contributed by atoms with Gasteiger partial charge in [-0.15, -0.1) is 0 Å². The fraction of sp³-hybridized carbons (Fsp3) is 0.0556. The number of carbonyl (C=O) groups excluding carboxylic acids is 1. The Bertz CT molecular complexity index is 950. The number of aromatic nitrogens is 2. The zero-order valence-electron chi connectivity index (χ0n) is 13.9. The summed E-state index contributed by atoms with van der Waals surface area (Å²) in [6.07, 6.45) is 1.60. The molecule has 0 aliphatic heterocycles. The average Bonchev–Trinajstić information content (AvgIpc) is 3.03. The second-order valence-corrected chi connectivity index (χ2v) is 5.76. The molecule has 0 aliphatic carbocycles. The summed E-state index contributed by atoms with van der Waals surface area (Å²) in [5.74, 6) is 0.638. The molecule has 0 spiro atoms. The number of amides is 1. The maximum absolute atomic E-state index is 11.9. The molecule has 4 N–H and O–H groups in total. The molecule has 2 aromatic carbocycles. The highest BCUT2D eigenvalue weighted by Crippen LogP contribution is 2.27. The lowest BCUT2D eigenvalue weighted by Gasteiger charge is -2.04. The second kappa shape index (κ2) is 7.71. The molecule has 0 saturated heterocycles. The maximum Gasteiger partial charge on any atom is 0.256 e. The molecule has 1 aromatic heterocycles. The van der Waals surface area contributed by atoms with Crippen molar-refractivity contribution in [2.24, 2.45) is 10.7 Å². The predicted octanol–water partition coefficient (Wildman–Crippen LogP) is 3.66. The first-order chi connectivity index (χ1) is 12.6. The van der Waals surface area contributed by atoms with Crippen LogP contribution in [0.2, 0.25) is 5.02 Å². The van der Waals surface area contributed by atoms with E-state index in [0.717, 1.165) is 11.3 Å². The Morgan fingerprint density at radius 1 is 1.31 bits per heavy atom. The zero-order chi connectivity index (χ0) is 18.5. The number of hydrogen-bond donors (Lipinski definition) is 3. The van der Waals surface area contributed by atoms with Crippen LogP contribution in [-0.4, -0.2) is 29.4 Å². The number of aromatic amines is 1. The van der Waals surface area contributed by atoms with Crippen LogP contribution in [0.25, 0.3) is 0 Å². The molecular weight excluding hydrogens is 354 g/mol. The predicted molar refractivity (Wildman–Crippen MR) is 102 cm³/mol. The standard InChI is InChI=1S/C18H16ClN5O2/c1-26-14-7-5-11(6-8-14)10-21-17-15(16(20)25)18(24-23-17)22-13-4-2-3-12(19)9-13/h2-10H,1H3,(H2,20,25)(H2,22,23,24). The first-order valence-electron chi connectivity index (χ1n) is 7.65. The highest BCUT2D eigenvalue weighted by Gasteiger charge is 2.18. The minimum Gasteiger partial charge on any atom is -0.497 e. The van der Waals surface area contributed by atoms with E-state index >= 15 is 0 Å². The van der Waals surface area contributed by atoms with E-state index in [4.69, 9.17) is 22.1 Å². The molecule has 0 radical (unpaired) electrons. The molecule has 132 valence electrons. The number of carbonyl (C=O) groups is 1. The number of hydrogen-bond acceptors (Lipinski definition) is 5. The number of nitrogens with one attached hydrogen (secondary N) is 2. The van der Waals surface area contributed by atoms with Crippen molar-refractivity contribution in [3.63, 3.8) is 0 Å². The monoisotopic (exact) mass is 369 g/mol. The topological polar surface area (TPSA) is 105 Å². The number of H-pyrrole nitrogens is 1. The van der Waals surface area contributed by atoms with Crippen molar-refractivity contribution in [1.29, 1.82) is 0 Å². The smallest absolute Gasteiger partial charge is 0.256 e. The lowest BCUT2D eigenvalue weighted by molar-refractivity contribution is 0.100. The Morgan fingerprint density at radius 3 is 2.73 bits per heavy atom. The van der Waals surface area contributed by atoms with E-state index in [2.05, 4.69) is 20.5 Å². The van der Waals surface area contributed by atoms with E-state index in [1.54, 1.807) is 37.6 Å². The van der Waals surface area contributed by atoms with Crippen LogP contribution in [0.1, 0.15) is 15.9 Å². The molecule has 3 rings (SSSR count). The summed E-state index contributed by atoms with van der Waals surface area (Å²) >= 11 is 5.97. The maximum atomic E-state index is 11.9. The zero-order valence-corrected chi connectivity index (χ0v) is 14.6. The third kappa shape index (κ3) is 4.01. The van der Waals surface area contributed by atoms with Crippen molar-refractivity contribution in [3.05, 3.63) is 64.7 Å². The number of benzene rings is 2. The number of primary amides is 1. The quantitative estimate of drug-likeness (QED) is 0.576. The van der Waals surface area contributed by atoms with Crippen LogP contribution < -0.4 is 15.8 Å². The highest BCUT2D eigenvalue weighted by molar-refractivity contribution is 6.30. The van der Waals surface area contributed by atoms with Crippen LogP contribution in [-0.2, 0) is 0 Å². The van der Waals surface area contributed by atoms with Crippen LogP contribution in [0, 0.1) is 0 Å². The summed E-state index contributed by atoms with van der Waals surface area (Å²) in [6.45, 7) is 0. The molecule has 8 heteroatoms. The van der Waals surface area contributed by atoms with Crippen molar-refractivity contribution >= 4 is 41.0 Å². The molecular formula is C18H16ClN5O2. The molecule has 0 aliphatic rings. The number of ether oxygens (including phenoxy) is 1. The summed E-state index contributed by atoms with van der Waals surface area (Å²) in [5.41, 5.74) is 7.17. The largest absolute Gasteiger partial charge is 0.497 e. The van der Waals surface area contributed by atoms with E-state index in [0.29, 0.717) is 10.7 Å².